The van der Waals surface area contributed by atoms with Gasteiger partial charge in [0, 0.05) is 24.5 Å². The third kappa shape index (κ3) is 3.81. The Labute approximate surface area is 115 Å². The zero-order valence-electron chi connectivity index (χ0n) is 11.7. The molecule has 0 bridgehead atoms. The Kier molecular flexibility index (Phi) is 5.22. The number of hydrogen-bond acceptors (Lipinski definition) is 3. The second kappa shape index (κ2) is 6.69. The number of thiophene rings is 1. The third-order valence-electron chi connectivity index (χ3n) is 4.04. The van der Waals surface area contributed by atoms with Crippen LogP contribution in [0.15, 0.2) is 17.5 Å². The van der Waals surface area contributed by atoms with Crippen LogP contribution in [0.2, 0.25) is 0 Å². The van der Waals surface area contributed by atoms with Gasteiger partial charge in [-0.2, -0.15) is 0 Å². The molecule has 102 valence electrons. The summed E-state index contributed by atoms with van der Waals surface area (Å²) in [7, 11) is 2.28. The fourth-order valence-electron chi connectivity index (χ4n) is 3.16. The summed E-state index contributed by atoms with van der Waals surface area (Å²) in [5, 5.41) is 5.72. The zero-order chi connectivity index (χ0) is 12.8. The summed E-state index contributed by atoms with van der Waals surface area (Å²) < 4.78 is 0. The molecule has 0 aliphatic carbocycles. The zero-order valence-corrected chi connectivity index (χ0v) is 12.6. The van der Waals surface area contributed by atoms with Crippen molar-refractivity contribution in [2.24, 2.45) is 5.41 Å². The summed E-state index contributed by atoms with van der Waals surface area (Å²) in [4.78, 5) is 4.04. The van der Waals surface area contributed by atoms with Crippen molar-refractivity contribution in [3.8, 4) is 0 Å². The highest BCUT2D eigenvalue weighted by Crippen LogP contribution is 2.31. The molecule has 18 heavy (non-hydrogen) atoms. The standard InChI is InChI=1S/C15H26N2S/c1-3-7-15(8-9-16-12-15)13-17(2)10-6-14-5-4-11-18-14/h4-5,11,16H,3,6-10,12-13H2,1-2H3. The molecule has 1 aliphatic rings. The maximum absolute atomic E-state index is 3.55. The van der Waals surface area contributed by atoms with Crippen LogP contribution in [0.1, 0.15) is 31.1 Å². The normalized spacial score (nSPS) is 23.9. The van der Waals surface area contributed by atoms with Crippen LogP contribution >= 0.6 is 11.3 Å². The molecule has 0 amide bonds. The first kappa shape index (κ1) is 14.0. The summed E-state index contributed by atoms with van der Waals surface area (Å²) in [6.07, 6.45) is 5.22. The lowest BCUT2D eigenvalue weighted by atomic mass is 9.82. The van der Waals surface area contributed by atoms with Crippen LogP contribution < -0.4 is 5.32 Å². The molecule has 1 N–H and O–H groups in total. The number of nitrogens with one attached hydrogen (secondary N) is 1. The highest BCUT2D eigenvalue weighted by Gasteiger charge is 2.33. The van der Waals surface area contributed by atoms with Gasteiger partial charge in [-0.1, -0.05) is 19.4 Å². The highest BCUT2D eigenvalue weighted by atomic mass is 32.1. The minimum absolute atomic E-state index is 0.541. The van der Waals surface area contributed by atoms with E-state index in [1.54, 1.807) is 0 Å². The first-order chi connectivity index (χ1) is 8.74. The highest BCUT2D eigenvalue weighted by molar-refractivity contribution is 7.09. The van der Waals surface area contributed by atoms with E-state index in [2.05, 4.69) is 41.7 Å². The summed E-state index contributed by atoms with van der Waals surface area (Å²) in [6.45, 7) is 7.17. The molecule has 2 nitrogen and oxygen atoms in total. The second-order valence-corrected chi connectivity index (χ2v) is 6.78. The summed E-state index contributed by atoms with van der Waals surface area (Å²) in [6, 6.07) is 4.40. The van der Waals surface area contributed by atoms with Crippen molar-refractivity contribution >= 4 is 11.3 Å². The monoisotopic (exact) mass is 266 g/mol. The van der Waals surface area contributed by atoms with Crippen molar-refractivity contribution in [2.45, 2.75) is 32.6 Å². The van der Waals surface area contributed by atoms with Gasteiger partial charge in [0.2, 0.25) is 0 Å². The largest absolute Gasteiger partial charge is 0.316 e. The van der Waals surface area contributed by atoms with Gasteiger partial charge in [-0.05, 0) is 49.7 Å². The lowest BCUT2D eigenvalue weighted by Gasteiger charge is -2.32. The predicted octanol–water partition coefficient (Wildman–Crippen LogP) is 3.00. The molecule has 0 radical (unpaired) electrons. The van der Waals surface area contributed by atoms with Crippen molar-refractivity contribution in [1.29, 1.82) is 0 Å². The van der Waals surface area contributed by atoms with E-state index in [9.17, 15) is 0 Å². The topological polar surface area (TPSA) is 15.3 Å². The van der Waals surface area contributed by atoms with Gasteiger partial charge in [-0.15, -0.1) is 11.3 Å². The molecule has 0 aromatic carbocycles. The SMILES string of the molecule is CCCC1(CN(C)CCc2cccs2)CCNC1. The first-order valence-corrected chi connectivity index (χ1v) is 8.04. The van der Waals surface area contributed by atoms with E-state index in [4.69, 9.17) is 0 Å². The lowest BCUT2D eigenvalue weighted by molar-refractivity contribution is 0.179. The predicted molar refractivity (Wildman–Crippen MR) is 80.3 cm³/mol. The third-order valence-corrected chi connectivity index (χ3v) is 4.97. The molecule has 0 spiro atoms. The van der Waals surface area contributed by atoms with E-state index in [0.29, 0.717) is 5.41 Å². The molecular weight excluding hydrogens is 240 g/mol. The van der Waals surface area contributed by atoms with Crippen LogP contribution in [0.25, 0.3) is 0 Å². The lowest BCUT2D eigenvalue weighted by Crippen LogP contribution is -2.38. The van der Waals surface area contributed by atoms with Gasteiger partial charge in [0.05, 0.1) is 0 Å². The van der Waals surface area contributed by atoms with Crippen LogP contribution in [0, 0.1) is 5.41 Å². The molecule has 1 aromatic heterocycles. The van der Waals surface area contributed by atoms with E-state index in [-0.39, 0.29) is 0 Å². The van der Waals surface area contributed by atoms with Gasteiger partial charge in [-0.3, -0.25) is 0 Å². The average Bonchev–Trinajstić information content (AvgIpc) is 2.98. The molecule has 3 heteroatoms. The van der Waals surface area contributed by atoms with Gasteiger partial charge in [0.25, 0.3) is 0 Å². The van der Waals surface area contributed by atoms with Crippen molar-refractivity contribution < 1.29 is 0 Å². The average molecular weight is 266 g/mol. The molecule has 1 aliphatic heterocycles. The maximum Gasteiger partial charge on any atom is 0.00579 e. The van der Waals surface area contributed by atoms with E-state index in [1.807, 2.05) is 11.3 Å². The van der Waals surface area contributed by atoms with E-state index < -0.39 is 0 Å². The van der Waals surface area contributed by atoms with Gasteiger partial charge < -0.3 is 10.2 Å². The van der Waals surface area contributed by atoms with Crippen LogP contribution in [0.4, 0.5) is 0 Å². The minimum atomic E-state index is 0.541. The van der Waals surface area contributed by atoms with Crippen molar-refractivity contribution in [3.05, 3.63) is 22.4 Å². The van der Waals surface area contributed by atoms with Gasteiger partial charge in [-0.25, -0.2) is 0 Å². The smallest absolute Gasteiger partial charge is 0.00579 e. The van der Waals surface area contributed by atoms with Gasteiger partial charge in [0.1, 0.15) is 0 Å². The Hall–Kier alpha value is -0.380. The number of nitrogens with zero attached hydrogens (tertiary/aromatic N) is 1. The van der Waals surface area contributed by atoms with Crippen LogP contribution in [-0.4, -0.2) is 38.1 Å². The molecule has 1 fully saturated rings. The number of rotatable bonds is 7. The fraction of sp³-hybridized carbons (Fsp3) is 0.733. The molecule has 0 saturated carbocycles. The molecule has 1 saturated heterocycles. The quantitative estimate of drug-likeness (QED) is 0.816. The molecule has 1 atom stereocenters. The first-order valence-electron chi connectivity index (χ1n) is 7.16. The Morgan fingerprint density at radius 2 is 2.39 bits per heavy atom. The number of hydrogen-bond donors (Lipinski definition) is 1. The van der Waals surface area contributed by atoms with Crippen LogP contribution in [0.5, 0.6) is 0 Å². The Morgan fingerprint density at radius 3 is 3.00 bits per heavy atom. The van der Waals surface area contributed by atoms with Gasteiger partial charge >= 0.3 is 0 Å². The molecule has 1 unspecified atom stereocenters. The van der Waals surface area contributed by atoms with E-state index in [1.165, 1.54) is 56.7 Å². The van der Waals surface area contributed by atoms with Crippen molar-refractivity contribution in [1.82, 2.24) is 10.2 Å². The van der Waals surface area contributed by atoms with Crippen LogP contribution in [-0.2, 0) is 6.42 Å². The second-order valence-electron chi connectivity index (χ2n) is 5.74. The Bertz CT molecular complexity index is 328. The Morgan fingerprint density at radius 1 is 1.50 bits per heavy atom. The maximum atomic E-state index is 3.55. The van der Waals surface area contributed by atoms with E-state index in [0.717, 1.165) is 0 Å². The molecule has 1 aromatic rings. The van der Waals surface area contributed by atoms with Crippen molar-refractivity contribution in [3.63, 3.8) is 0 Å². The Balaban J connectivity index is 1.79. The summed E-state index contributed by atoms with van der Waals surface area (Å²) in [5.41, 5.74) is 0.541. The minimum Gasteiger partial charge on any atom is -0.316 e. The summed E-state index contributed by atoms with van der Waals surface area (Å²) in [5.74, 6) is 0. The molecular formula is C15H26N2S. The molecule has 2 rings (SSSR count). The van der Waals surface area contributed by atoms with Crippen molar-refractivity contribution in [2.75, 3.05) is 33.2 Å². The summed E-state index contributed by atoms with van der Waals surface area (Å²) >= 11 is 1.88. The van der Waals surface area contributed by atoms with E-state index >= 15 is 0 Å². The molecule has 2 heterocycles. The fourth-order valence-corrected chi connectivity index (χ4v) is 3.86. The number of likely N-dealkylation sites (N-methyl/N-ethyl adjacent to an activating group) is 1. The van der Waals surface area contributed by atoms with Gasteiger partial charge in [0.15, 0.2) is 0 Å². The van der Waals surface area contributed by atoms with Crippen LogP contribution in [0.3, 0.4) is 0 Å².